The van der Waals surface area contributed by atoms with Crippen molar-refractivity contribution in [3.63, 3.8) is 0 Å². The maximum atomic E-state index is 13.1. The number of hydrogen-bond donors (Lipinski definition) is 1. The minimum Gasteiger partial charge on any atom is -0.493 e. The van der Waals surface area contributed by atoms with E-state index in [1.54, 1.807) is 23.5 Å². The first-order valence-electron chi connectivity index (χ1n) is 10.0. The van der Waals surface area contributed by atoms with Crippen molar-refractivity contribution in [3.05, 3.63) is 64.7 Å². The van der Waals surface area contributed by atoms with Gasteiger partial charge in [0, 0.05) is 31.6 Å². The molecule has 6 nitrogen and oxygen atoms in total. The number of fused-ring (bicyclic) bond motifs is 1. The van der Waals surface area contributed by atoms with Crippen molar-refractivity contribution in [2.45, 2.75) is 38.3 Å². The van der Waals surface area contributed by atoms with Gasteiger partial charge in [-0.2, -0.15) is 4.31 Å². The number of rotatable bonds is 8. The van der Waals surface area contributed by atoms with Gasteiger partial charge < -0.3 is 10.1 Å². The number of nitrogens with one attached hydrogen (secondary N) is 1. The summed E-state index contributed by atoms with van der Waals surface area (Å²) in [5.74, 6) is 0.860. The normalized spacial score (nSPS) is 15.8. The van der Waals surface area contributed by atoms with Gasteiger partial charge in [-0.1, -0.05) is 24.3 Å². The van der Waals surface area contributed by atoms with Crippen LogP contribution >= 0.6 is 0 Å². The Morgan fingerprint density at radius 2 is 1.86 bits per heavy atom. The molecule has 0 unspecified atom stereocenters. The molecule has 7 heteroatoms. The van der Waals surface area contributed by atoms with Crippen LogP contribution in [0, 0.1) is 0 Å². The van der Waals surface area contributed by atoms with Crippen molar-refractivity contribution >= 4 is 15.9 Å². The van der Waals surface area contributed by atoms with Crippen LogP contribution in [0.25, 0.3) is 0 Å². The third kappa shape index (κ3) is 4.62. The first-order chi connectivity index (χ1) is 14.0. The lowest BCUT2D eigenvalue weighted by Crippen LogP contribution is -2.35. The summed E-state index contributed by atoms with van der Waals surface area (Å²) in [6, 6.07) is 13.2. The second kappa shape index (κ2) is 8.16. The van der Waals surface area contributed by atoms with E-state index in [-0.39, 0.29) is 17.7 Å². The number of carbonyl (C=O) groups is 1. The van der Waals surface area contributed by atoms with Crippen LogP contribution in [-0.4, -0.2) is 44.1 Å². The number of sulfonamides is 1. The molecule has 0 radical (unpaired) electrons. The molecule has 0 atom stereocenters. The zero-order chi connectivity index (χ0) is 20.4. The Hall–Kier alpha value is -2.38. The van der Waals surface area contributed by atoms with E-state index in [2.05, 4.69) is 11.4 Å². The van der Waals surface area contributed by atoms with Crippen LogP contribution < -0.4 is 10.1 Å². The van der Waals surface area contributed by atoms with Gasteiger partial charge in [0.15, 0.2) is 0 Å². The molecule has 0 bridgehead atoms. The molecule has 0 saturated heterocycles. The first-order valence-corrected chi connectivity index (χ1v) is 11.6. The molecule has 1 heterocycles. The lowest BCUT2D eigenvalue weighted by molar-refractivity contribution is 0.0963. The summed E-state index contributed by atoms with van der Waals surface area (Å²) in [7, 11) is -1.79. The zero-order valence-electron chi connectivity index (χ0n) is 16.6. The fourth-order valence-corrected chi connectivity index (χ4v) is 5.40. The number of aryl methyl sites for hydroxylation is 1. The Labute approximate surface area is 171 Å². The second-order valence-electron chi connectivity index (χ2n) is 7.66. The largest absolute Gasteiger partial charge is 0.493 e. The summed E-state index contributed by atoms with van der Waals surface area (Å²) in [4.78, 5) is 11.7. The summed E-state index contributed by atoms with van der Waals surface area (Å²) in [6.45, 7) is 1.05. The summed E-state index contributed by atoms with van der Waals surface area (Å²) in [5.41, 5.74) is 3.65. The molecule has 0 spiro atoms. The summed E-state index contributed by atoms with van der Waals surface area (Å²) in [5, 5.41) is 2.59. The Morgan fingerprint density at radius 1 is 1.14 bits per heavy atom. The SMILES string of the molecule is CNC(=O)c1ccc(CN(C2CC2)S(=O)(=O)CCc2ccc3c(c2)CCO3)cc1. The van der Waals surface area contributed by atoms with Crippen LogP contribution in [-0.2, 0) is 29.4 Å². The molecule has 0 aromatic heterocycles. The number of nitrogens with zero attached hydrogens (tertiary/aromatic N) is 1. The molecule has 1 aliphatic heterocycles. The lowest BCUT2D eigenvalue weighted by Gasteiger charge is -2.22. The highest BCUT2D eigenvalue weighted by Crippen LogP contribution is 2.32. The van der Waals surface area contributed by atoms with E-state index >= 15 is 0 Å². The van der Waals surface area contributed by atoms with Gasteiger partial charge in [-0.25, -0.2) is 8.42 Å². The fourth-order valence-electron chi connectivity index (χ4n) is 3.66. The van der Waals surface area contributed by atoms with Crippen molar-refractivity contribution in [3.8, 4) is 5.75 Å². The third-order valence-electron chi connectivity index (χ3n) is 5.50. The van der Waals surface area contributed by atoms with E-state index in [9.17, 15) is 13.2 Å². The summed E-state index contributed by atoms with van der Waals surface area (Å²) >= 11 is 0. The predicted molar refractivity (Wildman–Crippen MR) is 112 cm³/mol. The zero-order valence-corrected chi connectivity index (χ0v) is 17.4. The van der Waals surface area contributed by atoms with Gasteiger partial charge in [0.05, 0.1) is 12.4 Å². The Morgan fingerprint density at radius 3 is 2.55 bits per heavy atom. The van der Waals surface area contributed by atoms with E-state index in [1.807, 2.05) is 24.3 Å². The molecule has 29 heavy (non-hydrogen) atoms. The first kappa shape index (κ1) is 19.9. The van der Waals surface area contributed by atoms with E-state index in [0.29, 0.717) is 25.1 Å². The van der Waals surface area contributed by atoms with E-state index < -0.39 is 10.0 Å². The number of ether oxygens (including phenoxy) is 1. The average Bonchev–Trinajstić information content (AvgIpc) is 3.46. The summed E-state index contributed by atoms with van der Waals surface area (Å²) in [6.07, 6.45) is 3.20. The predicted octanol–water partition coefficient (Wildman–Crippen LogP) is 2.52. The smallest absolute Gasteiger partial charge is 0.251 e. The minimum absolute atomic E-state index is 0.0898. The molecule has 2 aromatic rings. The molecule has 2 aromatic carbocycles. The monoisotopic (exact) mass is 414 g/mol. The quantitative estimate of drug-likeness (QED) is 0.720. The van der Waals surface area contributed by atoms with E-state index in [0.717, 1.165) is 41.7 Å². The lowest BCUT2D eigenvalue weighted by atomic mass is 10.1. The van der Waals surface area contributed by atoms with Gasteiger partial charge in [0.25, 0.3) is 5.91 Å². The van der Waals surface area contributed by atoms with Crippen LogP contribution in [0.15, 0.2) is 42.5 Å². The van der Waals surface area contributed by atoms with Crippen molar-refractivity contribution in [1.82, 2.24) is 9.62 Å². The molecule has 154 valence electrons. The van der Waals surface area contributed by atoms with Gasteiger partial charge in [0.2, 0.25) is 10.0 Å². The van der Waals surface area contributed by atoms with E-state index in [4.69, 9.17) is 4.74 Å². The third-order valence-corrected chi connectivity index (χ3v) is 7.36. The Bertz CT molecular complexity index is 998. The highest BCUT2D eigenvalue weighted by Gasteiger charge is 2.36. The van der Waals surface area contributed by atoms with Gasteiger partial charge in [-0.15, -0.1) is 0 Å². The minimum atomic E-state index is -3.38. The van der Waals surface area contributed by atoms with E-state index in [1.165, 1.54) is 0 Å². The van der Waals surface area contributed by atoms with Crippen molar-refractivity contribution in [1.29, 1.82) is 0 Å². The standard InChI is InChI=1S/C22H26N2O4S/c1-23-22(25)18-5-2-17(3-6-18)15-24(20-7-8-20)29(26,27)13-11-16-4-9-21-19(14-16)10-12-28-21/h2-6,9,14,20H,7-8,10-13,15H2,1H3,(H,23,25). The number of hydrogen-bond acceptors (Lipinski definition) is 4. The summed E-state index contributed by atoms with van der Waals surface area (Å²) < 4.78 is 33.3. The molecule has 1 amide bonds. The van der Waals surface area contributed by atoms with Crippen LogP contribution in [0.3, 0.4) is 0 Å². The van der Waals surface area contributed by atoms with Gasteiger partial charge in [-0.05, 0) is 54.2 Å². The highest BCUT2D eigenvalue weighted by atomic mass is 32.2. The molecule has 1 N–H and O–H groups in total. The molecule has 4 rings (SSSR count). The number of benzene rings is 2. The van der Waals surface area contributed by atoms with Crippen molar-refractivity contribution in [2.24, 2.45) is 0 Å². The fraction of sp³-hybridized carbons (Fsp3) is 0.409. The molecule has 2 aliphatic rings. The average molecular weight is 415 g/mol. The number of amides is 1. The van der Waals surface area contributed by atoms with Gasteiger partial charge in [-0.3, -0.25) is 4.79 Å². The second-order valence-corrected chi connectivity index (χ2v) is 9.70. The molecular formula is C22H26N2O4S. The molecule has 1 aliphatic carbocycles. The molecule has 1 saturated carbocycles. The number of carbonyl (C=O) groups excluding carboxylic acids is 1. The van der Waals surface area contributed by atoms with Crippen LogP contribution in [0.4, 0.5) is 0 Å². The van der Waals surface area contributed by atoms with Gasteiger partial charge in [0.1, 0.15) is 5.75 Å². The maximum absolute atomic E-state index is 13.1. The van der Waals surface area contributed by atoms with Crippen LogP contribution in [0.5, 0.6) is 5.75 Å². The van der Waals surface area contributed by atoms with Crippen LogP contribution in [0.2, 0.25) is 0 Å². The van der Waals surface area contributed by atoms with Crippen LogP contribution in [0.1, 0.15) is 39.9 Å². The topological polar surface area (TPSA) is 75.7 Å². The maximum Gasteiger partial charge on any atom is 0.251 e. The highest BCUT2D eigenvalue weighted by molar-refractivity contribution is 7.89. The molecular weight excluding hydrogens is 388 g/mol. The Kier molecular flexibility index (Phi) is 5.61. The van der Waals surface area contributed by atoms with Crippen molar-refractivity contribution < 1.29 is 17.9 Å². The Balaban J connectivity index is 1.44. The van der Waals surface area contributed by atoms with Crippen molar-refractivity contribution in [2.75, 3.05) is 19.4 Å². The van der Waals surface area contributed by atoms with Gasteiger partial charge >= 0.3 is 0 Å². The molecule has 1 fully saturated rings.